The summed E-state index contributed by atoms with van der Waals surface area (Å²) < 4.78 is 10.4. The molecule has 0 unspecified atom stereocenters. The van der Waals surface area contributed by atoms with E-state index in [9.17, 15) is 14.9 Å². The Bertz CT molecular complexity index is 938. The van der Waals surface area contributed by atoms with Gasteiger partial charge in [-0.1, -0.05) is 0 Å². The zero-order chi connectivity index (χ0) is 18.5. The molecule has 0 atom stereocenters. The number of nitro groups is 1. The molecule has 0 fully saturated rings. The van der Waals surface area contributed by atoms with Crippen LogP contribution in [0, 0.1) is 10.1 Å². The molecule has 10 nitrogen and oxygen atoms in total. The number of rotatable bonds is 6. The second kappa shape index (κ2) is 7.38. The van der Waals surface area contributed by atoms with Crippen LogP contribution in [0.1, 0.15) is 17.4 Å². The standard InChI is InChI=1S/C16H13N5O5/c1-2-25-16(22)14-13(18-20-19-14)10-5-7-11(8-6-10)26-15-12(21(23)24)4-3-9-17-15/h3-9H,2H2,1H3,(H,18,19,20). The lowest BCUT2D eigenvalue weighted by Gasteiger charge is -2.06. The van der Waals surface area contributed by atoms with Crippen molar-refractivity contribution in [3.63, 3.8) is 0 Å². The van der Waals surface area contributed by atoms with Gasteiger partial charge in [0.1, 0.15) is 11.4 Å². The fraction of sp³-hybridized carbons (Fsp3) is 0.125. The minimum atomic E-state index is -0.583. The summed E-state index contributed by atoms with van der Waals surface area (Å²) in [5.74, 6) is -0.351. The van der Waals surface area contributed by atoms with Crippen molar-refractivity contribution in [1.82, 2.24) is 20.4 Å². The Labute approximate surface area is 146 Å². The van der Waals surface area contributed by atoms with Crippen molar-refractivity contribution in [3.05, 3.63) is 58.4 Å². The molecule has 2 heterocycles. The van der Waals surface area contributed by atoms with Gasteiger partial charge in [0.25, 0.3) is 5.88 Å². The molecule has 0 spiro atoms. The van der Waals surface area contributed by atoms with Crippen molar-refractivity contribution < 1.29 is 19.2 Å². The number of esters is 1. The first-order chi connectivity index (χ1) is 12.6. The number of nitrogens with zero attached hydrogens (tertiary/aromatic N) is 4. The van der Waals surface area contributed by atoms with Crippen LogP contribution in [-0.4, -0.2) is 37.9 Å². The molecular formula is C16H13N5O5. The number of carbonyl (C=O) groups excluding carboxylic acids is 1. The third-order valence-corrected chi connectivity index (χ3v) is 3.31. The van der Waals surface area contributed by atoms with Crippen LogP contribution in [-0.2, 0) is 4.74 Å². The molecule has 1 aromatic carbocycles. The van der Waals surface area contributed by atoms with Gasteiger partial charge in [-0.25, -0.2) is 9.78 Å². The summed E-state index contributed by atoms with van der Waals surface area (Å²) in [5.41, 5.74) is 0.766. The van der Waals surface area contributed by atoms with Gasteiger partial charge in [-0.05, 0) is 37.3 Å². The van der Waals surface area contributed by atoms with E-state index in [-0.39, 0.29) is 23.9 Å². The zero-order valence-electron chi connectivity index (χ0n) is 13.6. The summed E-state index contributed by atoms with van der Waals surface area (Å²) in [7, 11) is 0. The van der Waals surface area contributed by atoms with E-state index < -0.39 is 10.9 Å². The number of pyridine rings is 1. The second-order valence-electron chi connectivity index (χ2n) is 4.95. The van der Waals surface area contributed by atoms with Gasteiger partial charge in [0.2, 0.25) is 0 Å². The molecule has 132 valence electrons. The Morgan fingerprint density at radius 2 is 2.00 bits per heavy atom. The first kappa shape index (κ1) is 17.0. The molecule has 0 saturated carbocycles. The molecule has 1 N–H and O–H groups in total. The highest BCUT2D eigenvalue weighted by molar-refractivity contribution is 5.93. The molecule has 2 aromatic heterocycles. The molecule has 0 saturated heterocycles. The predicted molar refractivity (Wildman–Crippen MR) is 88.7 cm³/mol. The maximum atomic E-state index is 11.9. The fourth-order valence-corrected chi connectivity index (χ4v) is 2.17. The third kappa shape index (κ3) is 3.48. The number of hydrogen-bond acceptors (Lipinski definition) is 8. The van der Waals surface area contributed by atoms with E-state index in [4.69, 9.17) is 9.47 Å². The average Bonchev–Trinajstić information content (AvgIpc) is 3.13. The Morgan fingerprint density at radius 1 is 1.23 bits per heavy atom. The van der Waals surface area contributed by atoms with E-state index in [1.54, 1.807) is 31.2 Å². The van der Waals surface area contributed by atoms with Crippen molar-refractivity contribution >= 4 is 11.7 Å². The number of hydrogen-bond donors (Lipinski definition) is 1. The van der Waals surface area contributed by atoms with E-state index in [1.165, 1.54) is 18.3 Å². The Balaban J connectivity index is 1.83. The Hall–Kier alpha value is -3.82. The monoisotopic (exact) mass is 355 g/mol. The van der Waals surface area contributed by atoms with Gasteiger partial charge in [0, 0.05) is 17.8 Å². The lowest BCUT2D eigenvalue weighted by atomic mass is 10.1. The molecule has 3 aromatic rings. The minimum Gasteiger partial charge on any atom is -0.461 e. The minimum absolute atomic E-state index is 0.0703. The van der Waals surface area contributed by atoms with E-state index in [1.807, 2.05) is 0 Å². The lowest BCUT2D eigenvalue weighted by molar-refractivity contribution is -0.386. The maximum Gasteiger partial charge on any atom is 0.361 e. The van der Waals surface area contributed by atoms with Gasteiger partial charge in [0.15, 0.2) is 5.69 Å². The Morgan fingerprint density at radius 3 is 2.69 bits per heavy atom. The smallest absolute Gasteiger partial charge is 0.361 e. The first-order valence-electron chi connectivity index (χ1n) is 7.55. The van der Waals surface area contributed by atoms with E-state index in [0.717, 1.165) is 0 Å². The summed E-state index contributed by atoms with van der Waals surface area (Å²) >= 11 is 0. The molecule has 0 radical (unpaired) electrons. The van der Waals surface area contributed by atoms with Crippen LogP contribution < -0.4 is 4.74 Å². The van der Waals surface area contributed by atoms with Gasteiger partial charge in [-0.3, -0.25) is 10.1 Å². The van der Waals surface area contributed by atoms with Crippen LogP contribution in [0.5, 0.6) is 11.6 Å². The molecule has 26 heavy (non-hydrogen) atoms. The molecular weight excluding hydrogens is 342 g/mol. The molecule has 0 amide bonds. The van der Waals surface area contributed by atoms with Crippen LogP contribution in [0.2, 0.25) is 0 Å². The summed E-state index contributed by atoms with van der Waals surface area (Å²) in [6.45, 7) is 1.92. The van der Waals surface area contributed by atoms with Crippen LogP contribution in [0.15, 0.2) is 42.6 Å². The normalized spacial score (nSPS) is 10.3. The van der Waals surface area contributed by atoms with Crippen molar-refractivity contribution in [3.8, 4) is 22.9 Å². The quantitative estimate of drug-likeness (QED) is 0.405. The van der Waals surface area contributed by atoms with Gasteiger partial charge in [0.05, 0.1) is 11.5 Å². The predicted octanol–water partition coefficient (Wildman–Crippen LogP) is 2.74. The lowest BCUT2D eigenvalue weighted by Crippen LogP contribution is -2.06. The van der Waals surface area contributed by atoms with Gasteiger partial charge < -0.3 is 9.47 Å². The number of aromatic amines is 1. The molecule has 0 bridgehead atoms. The van der Waals surface area contributed by atoms with Crippen molar-refractivity contribution in [2.24, 2.45) is 0 Å². The highest BCUT2D eigenvalue weighted by Gasteiger charge is 2.20. The Kier molecular flexibility index (Phi) is 4.83. The summed E-state index contributed by atoms with van der Waals surface area (Å²) in [6, 6.07) is 9.21. The van der Waals surface area contributed by atoms with E-state index in [2.05, 4.69) is 20.4 Å². The van der Waals surface area contributed by atoms with E-state index in [0.29, 0.717) is 17.0 Å². The number of ether oxygens (including phenoxy) is 2. The zero-order valence-corrected chi connectivity index (χ0v) is 13.6. The topological polar surface area (TPSA) is 133 Å². The van der Waals surface area contributed by atoms with Gasteiger partial charge in [-0.2, -0.15) is 10.3 Å². The fourth-order valence-electron chi connectivity index (χ4n) is 2.17. The number of aromatic nitrogens is 4. The van der Waals surface area contributed by atoms with Crippen LogP contribution in [0.25, 0.3) is 11.3 Å². The summed E-state index contributed by atoms with van der Waals surface area (Å²) in [5, 5.41) is 21.2. The second-order valence-corrected chi connectivity index (χ2v) is 4.95. The molecule has 0 aliphatic carbocycles. The number of carbonyl (C=O) groups is 1. The molecule has 10 heteroatoms. The van der Waals surface area contributed by atoms with Crippen LogP contribution in [0.3, 0.4) is 0 Å². The number of benzene rings is 1. The average molecular weight is 355 g/mol. The third-order valence-electron chi connectivity index (χ3n) is 3.31. The highest BCUT2D eigenvalue weighted by atomic mass is 16.6. The molecule has 0 aliphatic rings. The van der Waals surface area contributed by atoms with Gasteiger partial charge in [-0.15, -0.1) is 5.10 Å². The summed E-state index contributed by atoms with van der Waals surface area (Å²) in [4.78, 5) is 26.2. The number of H-pyrrole nitrogens is 1. The maximum absolute atomic E-state index is 11.9. The summed E-state index contributed by atoms with van der Waals surface area (Å²) in [6.07, 6.45) is 1.40. The largest absolute Gasteiger partial charge is 0.461 e. The van der Waals surface area contributed by atoms with Crippen molar-refractivity contribution in [1.29, 1.82) is 0 Å². The highest BCUT2D eigenvalue weighted by Crippen LogP contribution is 2.30. The number of nitrogens with one attached hydrogen (secondary N) is 1. The van der Waals surface area contributed by atoms with Crippen LogP contribution >= 0.6 is 0 Å². The first-order valence-corrected chi connectivity index (χ1v) is 7.55. The van der Waals surface area contributed by atoms with Crippen molar-refractivity contribution in [2.75, 3.05) is 6.61 Å². The van der Waals surface area contributed by atoms with Gasteiger partial charge >= 0.3 is 11.7 Å². The van der Waals surface area contributed by atoms with E-state index >= 15 is 0 Å². The van der Waals surface area contributed by atoms with Crippen LogP contribution in [0.4, 0.5) is 5.69 Å². The molecule has 3 rings (SSSR count). The SMILES string of the molecule is CCOC(=O)c1n[nH]nc1-c1ccc(Oc2ncccc2[N+](=O)[O-])cc1. The van der Waals surface area contributed by atoms with Crippen molar-refractivity contribution in [2.45, 2.75) is 6.92 Å². The molecule has 0 aliphatic heterocycles.